The minimum atomic E-state index is 0.282. The summed E-state index contributed by atoms with van der Waals surface area (Å²) in [4.78, 5) is 2.74. The van der Waals surface area contributed by atoms with Crippen LogP contribution in [0.15, 0.2) is 23.0 Å². The average molecular weight is 278 g/mol. The predicted octanol–water partition coefficient (Wildman–Crippen LogP) is 3.45. The van der Waals surface area contributed by atoms with Crippen LogP contribution in [-0.2, 0) is 6.42 Å². The van der Waals surface area contributed by atoms with Gasteiger partial charge in [0.2, 0.25) is 0 Å². The van der Waals surface area contributed by atoms with Gasteiger partial charge in [0, 0.05) is 11.6 Å². The molecule has 0 bridgehead atoms. The molecule has 3 nitrogen and oxygen atoms in total. The fourth-order valence-electron chi connectivity index (χ4n) is 3.92. The summed E-state index contributed by atoms with van der Waals surface area (Å²) in [6.07, 6.45) is 9.86. The molecular formula is C17H30N2O. The summed E-state index contributed by atoms with van der Waals surface area (Å²) in [5.74, 6) is 0. The Hall–Kier alpha value is -0.800. The molecule has 1 aromatic rings. The van der Waals surface area contributed by atoms with Crippen molar-refractivity contribution in [1.82, 2.24) is 10.2 Å². The van der Waals surface area contributed by atoms with Gasteiger partial charge in [-0.25, -0.2) is 0 Å². The Kier molecular flexibility index (Phi) is 5.67. The number of nitrogens with zero attached hydrogens (tertiary/aromatic N) is 1. The van der Waals surface area contributed by atoms with Gasteiger partial charge in [0.1, 0.15) is 0 Å². The molecule has 1 N–H and O–H groups in total. The first-order valence-corrected chi connectivity index (χ1v) is 8.26. The fraction of sp³-hybridized carbons (Fsp3) is 0.765. The van der Waals surface area contributed by atoms with Crippen molar-refractivity contribution in [2.75, 3.05) is 19.6 Å². The quantitative estimate of drug-likeness (QED) is 0.789. The standard InChI is InChI=1S/C17H30N2O/c1-4-17(5-2,19-10-7-8-11-19)16(18-6-3)13-15-9-12-20-14-15/h9,12,14,16,18H,4-8,10-11,13H2,1-3H3. The second-order valence-corrected chi connectivity index (χ2v) is 5.95. The second-order valence-electron chi connectivity index (χ2n) is 5.95. The number of likely N-dealkylation sites (N-methyl/N-ethyl adjacent to an activating group) is 1. The minimum Gasteiger partial charge on any atom is -0.472 e. The van der Waals surface area contributed by atoms with Crippen LogP contribution < -0.4 is 5.32 Å². The van der Waals surface area contributed by atoms with Crippen LogP contribution in [0.4, 0.5) is 0 Å². The SMILES string of the molecule is CCNC(Cc1ccoc1)C(CC)(CC)N1CCCC1. The Bertz CT molecular complexity index is 364. The summed E-state index contributed by atoms with van der Waals surface area (Å²) >= 11 is 0. The van der Waals surface area contributed by atoms with Gasteiger partial charge in [-0.3, -0.25) is 4.90 Å². The number of likely N-dealkylation sites (tertiary alicyclic amines) is 1. The lowest BCUT2D eigenvalue weighted by atomic mass is 9.80. The van der Waals surface area contributed by atoms with Crippen molar-refractivity contribution in [3.63, 3.8) is 0 Å². The third-order valence-corrected chi connectivity index (χ3v) is 5.08. The van der Waals surface area contributed by atoms with E-state index in [0.29, 0.717) is 6.04 Å². The smallest absolute Gasteiger partial charge is 0.0935 e. The Morgan fingerprint density at radius 3 is 2.45 bits per heavy atom. The van der Waals surface area contributed by atoms with Crippen LogP contribution >= 0.6 is 0 Å². The molecule has 0 amide bonds. The average Bonchev–Trinajstić information content (AvgIpc) is 3.14. The first kappa shape index (κ1) is 15.6. The third-order valence-electron chi connectivity index (χ3n) is 5.08. The molecule has 0 radical (unpaired) electrons. The van der Waals surface area contributed by atoms with Gasteiger partial charge in [0.25, 0.3) is 0 Å². The summed E-state index contributed by atoms with van der Waals surface area (Å²) in [5, 5.41) is 3.76. The van der Waals surface area contributed by atoms with Gasteiger partial charge in [-0.1, -0.05) is 20.8 Å². The first-order valence-electron chi connectivity index (χ1n) is 8.26. The summed E-state index contributed by atoms with van der Waals surface area (Å²) in [6, 6.07) is 2.60. The number of hydrogen-bond donors (Lipinski definition) is 1. The number of nitrogens with one attached hydrogen (secondary N) is 1. The highest BCUT2D eigenvalue weighted by atomic mass is 16.3. The lowest BCUT2D eigenvalue weighted by Crippen LogP contribution is -2.60. The van der Waals surface area contributed by atoms with Gasteiger partial charge in [-0.05, 0) is 63.4 Å². The van der Waals surface area contributed by atoms with E-state index in [2.05, 4.69) is 37.1 Å². The minimum absolute atomic E-state index is 0.282. The number of hydrogen-bond acceptors (Lipinski definition) is 3. The lowest BCUT2D eigenvalue weighted by Gasteiger charge is -2.47. The summed E-state index contributed by atoms with van der Waals surface area (Å²) in [5.41, 5.74) is 1.59. The van der Waals surface area contributed by atoms with Crippen LogP contribution in [-0.4, -0.2) is 36.1 Å². The summed E-state index contributed by atoms with van der Waals surface area (Å²) < 4.78 is 5.26. The first-order chi connectivity index (χ1) is 9.76. The maximum absolute atomic E-state index is 5.26. The molecule has 1 aliphatic heterocycles. The summed E-state index contributed by atoms with van der Waals surface area (Å²) in [6.45, 7) is 10.5. The Morgan fingerprint density at radius 1 is 1.25 bits per heavy atom. The van der Waals surface area contributed by atoms with Crippen molar-refractivity contribution < 1.29 is 4.42 Å². The van der Waals surface area contributed by atoms with E-state index in [9.17, 15) is 0 Å². The Labute approximate surface area is 123 Å². The second kappa shape index (κ2) is 7.28. The molecule has 1 saturated heterocycles. The van der Waals surface area contributed by atoms with Gasteiger partial charge < -0.3 is 9.73 Å². The zero-order valence-electron chi connectivity index (χ0n) is 13.3. The van der Waals surface area contributed by atoms with Crippen LogP contribution in [0.3, 0.4) is 0 Å². The van der Waals surface area contributed by atoms with E-state index < -0.39 is 0 Å². The van der Waals surface area contributed by atoms with E-state index >= 15 is 0 Å². The van der Waals surface area contributed by atoms with Gasteiger partial charge in [-0.2, -0.15) is 0 Å². The van der Waals surface area contributed by atoms with Gasteiger partial charge in [0.15, 0.2) is 0 Å². The highest BCUT2D eigenvalue weighted by molar-refractivity contribution is 5.12. The molecule has 1 aliphatic rings. The van der Waals surface area contributed by atoms with Crippen LogP contribution in [0.5, 0.6) is 0 Å². The Balaban J connectivity index is 2.21. The van der Waals surface area contributed by atoms with Gasteiger partial charge >= 0.3 is 0 Å². The molecule has 0 saturated carbocycles. The molecule has 3 heteroatoms. The van der Waals surface area contributed by atoms with Crippen molar-refractivity contribution in [2.24, 2.45) is 0 Å². The fourth-order valence-corrected chi connectivity index (χ4v) is 3.92. The molecule has 2 rings (SSSR count). The zero-order chi connectivity index (χ0) is 14.4. The van der Waals surface area contributed by atoms with E-state index in [4.69, 9.17) is 4.42 Å². The molecule has 0 aromatic carbocycles. The summed E-state index contributed by atoms with van der Waals surface area (Å²) in [7, 11) is 0. The van der Waals surface area contributed by atoms with Gasteiger partial charge in [0.05, 0.1) is 12.5 Å². The number of rotatable bonds is 8. The molecule has 2 heterocycles. The van der Waals surface area contributed by atoms with Crippen LogP contribution in [0.2, 0.25) is 0 Å². The molecular weight excluding hydrogens is 248 g/mol. The predicted molar refractivity (Wildman–Crippen MR) is 84.0 cm³/mol. The monoisotopic (exact) mass is 278 g/mol. The topological polar surface area (TPSA) is 28.4 Å². The molecule has 0 spiro atoms. The van der Waals surface area contributed by atoms with Crippen molar-refractivity contribution in [1.29, 1.82) is 0 Å². The van der Waals surface area contributed by atoms with Gasteiger partial charge in [-0.15, -0.1) is 0 Å². The normalized spacial score (nSPS) is 18.6. The molecule has 114 valence electrons. The van der Waals surface area contributed by atoms with Crippen LogP contribution in [0.25, 0.3) is 0 Å². The van der Waals surface area contributed by atoms with Crippen molar-refractivity contribution >= 4 is 0 Å². The number of furan rings is 1. The van der Waals surface area contributed by atoms with E-state index in [1.807, 2.05) is 6.26 Å². The molecule has 1 atom stereocenters. The van der Waals surface area contributed by atoms with E-state index in [-0.39, 0.29) is 5.54 Å². The van der Waals surface area contributed by atoms with E-state index in [1.165, 1.54) is 44.3 Å². The third kappa shape index (κ3) is 3.09. The maximum Gasteiger partial charge on any atom is 0.0935 e. The Morgan fingerprint density at radius 2 is 1.95 bits per heavy atom. The maximum atomic E-state index is 5.26. The molecule has 1 unspecified atom stereocenters. The van der Waals surface area contributed by atoms with Crippen LogP contribution in [0.1, 0.15) is 52.0 Å². The van der Waals surface area contributed by atoms with Crippen LogP contribution in [0, 0.1) is 0 Å². The molecule has 20 heavy (non-hydrogen) atoms. The van der Waals surface area contributed by atoms with Crippen molar-refractivity contribution in [3.05, 3.63) is 24.2 Å². The highest BCUT2D eigenvalue weighted by Crippen LogP contribution is 2.33. The zero-order valence-corrected chi connectivity index (χ0v) is 13.3. The van der Waals surface area contributed by atoms with Crippen molar-refractivity contribution in [3.8, 4) is 0 Å². The van der Waals surface area contributed by atoms with E-state index in [1.54, 1.807) is 6.26 Å². The molecule has 0 aliphatic carbocycles. The molecule has 1 fully saturated rings. The molecule has 1 aromatic heterocycles. The van der Waals surface area contributed by atoms with E-state index in [0.717, 1.165) is 13.0 Å². The van der Waals surface area contributed by atoms with Crippen molar-refractivity contribution in [2.45, 2.75) is 64.5 Å². The lowest BCUT2D eigenvalue weighted by molar-refractivity contribution is 0.0626. The largest absolute Gasteiger partial charge is 0.472 e. The highest BCUT2D eigenvalue weighted by Gasteiger charge is 2.41.